The summed E-state index contributed by atoms with van der Waals surface area (Å²) in [7, 11) is 0. The largest absolute Gasteiger partial charge is 0.505 e. The predicted octanol–water partition coefficient (Wildman–Crippen LogP) is 8.38. The van der Waals surface area contributed by atoms with Crippen molar-refractivity contribution in [2.24, 2.45) is 0 Å². The molecule has 0 unspecified atom stereocenters. The van der Waals surface area contributed by atoms with Gasteiger partial charge in [-0.1, -0.05) is 58.0 Å². The molecule has 1 N–H and O–H groups in total. The van der Waals surface area contributed by atoms with Crippen LogP contribution in [0, 0.1) is 0 Å². The van der Waals surface area contributed by atoms with Crippen LogP contribution in [-0.4, -0.2) is 53.1 Å². The van der Waals surface area contributed by atoms with Gasteiger partial charge < -0.3 is 9.84 Å². The van der Waals surface area contributed by atoms with Gasteiger partial charge in [0, 0.05) is 0 Å². The van der Waals surface area contributed by atoms with Crippen molar-refractivity contribution in [1.29, 1.82) is 0 Å². The average Bonchev–Trinajstić information content (AvgIpc) is 2.73. The molecule has 0 amide bonds. The van der Waals surface area contributed by atoms with E-state index in [1.165, 1.54) is 0 Å². The van der Waals surface area contributed by atoms with Gasteiger partial charge in [-0.25, -0.2) is 9.59 Å². The number of phenolic OH excluding ortho intramolecular Hbond substituents is 1. The summed E-state index contributed by atoms with van der Waals surface area (Å²) in [6.45, 7) is 0. The summed E-state index contributed by atoms with van der Waals surface area (Å²) < 4.78 is 172. The number of alkyl halides is 14. The van der Waals surface area contributed by atoms with Gasteiger partial charge in [0.25, 0.3) is 0 Å². The number of hydrogen-bond acceptors (Lipinski definition) is 4. The van der Waals surface area contributed by atoms with E-state index < -0.39 is 48.0 Å². The minimum atomic E-state index is -7.33. The van der Waals surface area contributed by atoms with Crippen LogP contribution in [0.1, 0.15) is 0 Å². The summed E-state index contributed by atoms with van der Waals surface area (Å²) in [4.78, 5) is 20.7. The summed E-state index contributed by atoms with van der Waals surface area (Å²) >= 11 is 27.9. The zero-order valence-corrected chi connectivity index (χ0v) is 19.6. The fourth-order valence-electron chi connectivity index (χ4n) is 1.42. The number of rotatable bonds is 4. The Hall–Kier alpha value is -1.37. The summed E-state index contributed by atoms with van der Waals surface area (Å²) in [5.41, 5.74) is 0. The maximum absolute atomic E-state index is 12.6. The van der Waals surface area contributed by atoms with Gasteiger partial charge in [0.1, 0.15) is 10.0 Å². The molecule has 0 aliphatic rings. The van der Waals surface area contributed by atoms with Crippen molar-refractivity contribution in [2.75, 3.05) is 0 Å². The van der Waals surface area contributed by atoms with Crippen LogP contribution in [0.5, 0.6) is 5.75 Å². The van der Waals surface area contributed by atoms with Gasteiger partial charge in [-0.2, -0.15) is 61.5 Å². The van der Waals surface area contributed by atoms with Crippen LogP contribution in [0.4, 0.5) is 61.5 Å². The van der Waals surface area contributed by atoms with E-state index >= 15 is 0 Å². The lowest BCUT2D eigenvalue weighted by atomic mass is 10.1. The number of carbonyl (C=O) groups is 2. The zero-order valence-electron chi connectivity index (χ0n) is 15.9. The lowest BCUT2D eigenvalue weighted by molar-refractivity contribution is -0.354. The average molecular weight is 676 g/mol. The lowest BCUT2D eigenvalue weighted by Crippen LogP contribution is -2.60. The molecule has 4 nitrogen and oxygen atoms in total. The lowest BCUT2D eigenvalue weighted by Gasteiger charge is -2.28. The van der Waals surface area contributed by atoms with Crippen molar-refractivity contribution < 1.29 is 80.9 Å². The Morgan fingerprint density at radius 1 is 0.514 bits per heavy atom. The van der Waals surface area contributed by atoms with Crippen molar-refractivity contribution in [3.05, 3.63) is 25.1 Å². The fourth-order valence-corrected chi connectivity index (χ4v) is 2.55. The van der Waals surface area contributed by atoms with Gasteiger partial charge in [0.2, 0.25) is 0 Å². The summed E-state index contributed by atoms with van der Waals surface area (Å²) in [6.07, 6.45) is -14.4. The van der Waals surface area contributed by atoms with Crippen molar-refractivity contribution in [3.63, 3.8) is 0 Å². The Bertz CT molecular complexity index is 901. The van der Waals surface area contributed by atoms with Crippen LogP contribution in [-0.2, 0) is 14.3 Å². The van der Waals surface area contributed by atoms with E-state index in [0.717, 1.165) is 0 Å². The van der Waals surface area contributed by atoms with Crippen molar-refractivity contribution in [3.8, 4) is 5.75 Å². The third kappa shape index (κ3) is 6.62. The summed E-state index contributed by atoms with van der Waals surface area (Å²) in [5.74, 6) is -38.1. The van der Waals surface area contributed by atoms with Crippen LogP contribution in [0.15, 0.2) is 0 Å². The van der Waals surface area contributed by atoms with Crippen molar-refractivity contribution in [1.82, 2.24) is 0 Å². The van der Waals surface area contributed by atoms with Crippen LogP contribution < -0.4 is 0 Å². The number of esters is 2. The fraction of sp³-hybridized carbons (Fsp3) is 0.429. The molecule has 1 aromatic rings. The summed E-state index contributed by atoms with van der Waals surface area (Å²) in [6, 6.07) is 0. The van der Waals surface area contributed by atoms with Crippen LogP contribution >= 0.6 is 58.0 Å². The molecule has 214 valence electrons. The molecule has 0 heterocycles. The van der Waals surface area contributed by atoms with E-state index in [0.29, 0.717) is 0 Å². The predicted molar refractivity (Wildman–Crippen MR) is 96.2 cm³/mol. The number of carbonyl (C=O) groups excluding carboxylic acids is 2. The Kier molecular flexibility index (Phi) is 10.6. The summed E-state index contributed by atoms with van der Waals surface area (Å²) in [5, 5.41) is 9.01. The maximum atomic E-state index is 12.6. The maximum Gasteiger partial charge on any atom is 0.460 e. The second-order valence-corrected chi connectivity index (χ2v) is 7.78. The second-order valence-electron chi connectivity index (χ2n) is 5.89. The van der Waals surface area contributed by atoms with Gasteiger partial charge in [0.15, 0.2) is 5.75 Å². The van der Waals surface area contributed by atoms with Crippen LogP contribution in [0.25, 0.3) is 0 Å². The first-order valence-corrected chi connectivity index (χ1v) is 9.52. The van der Waals surface area contributed by atoms with Gasteiger partial charge in [-0.3, -0.25) is 0 Å². The number of phenols is 1. The van der Waals surface area contributed by atoms with Crippen LogP contribution in [0.2, 0.25) is 25.1 Å². The first kappa shape index (κ1) is 35.6. The number of halogens is 19. The van der Waals surface area contributed by atoms with E-state index in [9.17, 15) is 76.2 Å². The second kappa shape index (κ2) is 11.0. The molecule has 0 radical (unpaired) electrons. The number of benzene rings is 1. The third-order valence-electron chi connectivity index (χ3n) is 3.39. The molecular weight excluding hydrogens is 675 g/mol. The molecule has 0 saturated heterocycles. The minimum Gasteiger partial charge on any atom is -0.505 e. The highest BCUT2D eigenvalue weighted by molar-refractivity contribution is 6.55. The Labute approximate surface area is 217 Å². The third-order valence-corrected chi connectivity index (χ3v) is 5.64. The molecule has 0 fully saturated rings. The molecule has 0 aliphatic heterocycles. The molecular formula is C14HCl5F14O4. The van der Waals surface area contributed by atoms with Crippen molar-refractivity contribution >= 4 is 69.9 Å². The van der Waals surface area contributed by atoms with Crippen LogP contribution in [0.3, 0.4) is 0 Å². The number of hydrogen-bond donors (Lipinski definition) is 1. The van der Waals surface area contributed by atoms with E-state index in [1.54, 1.807) is 0 Å². The molecule has 1 aromatic carbocycles. The molecule has 37 heavy (non-hydrogen) atoms. The molecule has 23 heteroatoms. The molecule has 0 atom stereocenters. The molecule has 0 aliphatic carbocycles. The van der Waals surface area contributed by atoms with Gasteiger partial charge in [0.05, 0.1) is 15.1 Å². The molecule has 1 rings (SSSR count). The number of ether oxygens (including phenoxy) is 1. The monoisotopic (exact) mass is 674 g/mol. The first-order chi connectivity index (χ1) is 16.0. The van der Waals surface area contributed by atoms with Gasteiger partial charge in [-0.05, 0) is 0 Å². The van der Waals surface area contributed by atoms with E-state index in [2.05, 4.69) is 0 Å². The highest BCUT2D eigenvalue weighted by Crippen LogP contribution is 2.50. The molecule has 0 saturated carbocycles. The SMILES string of the molecule is O=C(OC(=O)C(F)(F)C(F)(F)C(F)(F)F)C(F)(F)C(F)(F)C(F)(F)F.Oc1c(Cl)c(Cl)c(Cl)c(Cl)c1Cl. The van der Waals surface area contributed by atoms with E-state index in [4.69, 9.17) is 58.0 Å². The highest BCUT2D eigenvalue weighted by Gasteiger charge is 2.80. The quantitative estimate of drug-likeness (QED) is 0.115. The normalized spacial score (nSPS) is 13.6. The molecule has 0 aromatic heterocycles. The molecule has 0 spiro atoms. The topological polar surface area (TPSA) is 63.6 Å². The standard InChI is InChI=1S/C8F14O3.C6HCl5O/c9-3(10,5(13,14)7(17,18)19)1(23)25-2(24)4(11,12)6(15,16)8(20,21)22;7-1-2(8)4(10)6(12)5(11)3(1)9/h;12H. The first-order valence-electron chi connectivity index (χ1n) is 7.63. The van der Waals surface area contributed by atoms with Gasteiger partial charge >= 0.3 is 48.0 Å². The minimum absolute atomic E-state index is 0.00904. The van der Waals surface area contributed by atoms with Crippen molar-refractivity contribution in [2.45, 2.75) is 36.0 Å². The Morgan fingerprint density at radius 2 is 0.730 bits per heavy atom. The van der Waals surface area contributed by atoms with E-state index in [-0.39, 0.29) is 30.9 Å². The smallest absolute Gasteiger partial charge is 0.460 e. The van der Waals surface area contributed by atoms with E-state index in [1.807, 2.05) is 4.74 Å². The Morgan fingerprint density at radius 3 is 0.946 bits per heavy atom. The molecule has 0 bridgehead atoms. The zero-order chi connectivity index (χ0) is 30.3. The highest BCUT2D eigenvalue weighted by atomic mass is 35.5. The Balaban J connectivity index is 0.000000893. The number of aromatic hydroxyl groups is 1. The van der Waals surface area contributed by atoms with Gasteiger partial charge in [-0.15, -0.1) is 0 Å².